The highest BCUT2D eigenvalue weighted by Gasteiger charge is 2.20. The van der Waals surface area contributed by atoms with Crippen molar-refractivity contribution in [1.29, 1.82) is 0 Å². The van der Waals surface area contributed by atoms with E-state index in [4.69, 9.17) is 9.47 Å². The zero-order valence-electron chi connectivity index (χ0n) is 20.5. The molecule has 3 aromatic carbocycles. The second-order valence-electron chi connectivity index (χ2n) is 8.39. The lowest BCUT2D eigenvalue weighted by molar-refractivity contribution is 0.0913. The molecule has 1 atom stereocenters. The highest BCUT2D eigenvalue weighted by molar-refractivity contribution is 5.98. The molecule has 6 nitrogen and oxygen atoms in total. The van der Waals surface area contributed by atoms with E-state index in [2.05, 4.69) is 35.1 Å². The number of methoxy groups -OCH3 is 1. The minimum atomic E-state index is -0.437. The number of amides is 1. The molecule has 0 spiro atoms. The quantitative estimate of drug-likeness (QED) is 0.327. The Morgan fingerprint density at radius 1 is 1.06 bits per heavy atom. The van der Waals surface area contributed by atoms with Crippen LogP contribution in [-0.4, -0.2) is 41.9 Å². The maximum atomic E-state index is 13.4. The molecular weight excluding hydrogens is 440 g/mol. The van der Waals surface area contributed by atoms with Crippen molar-refractivity contribution in [3.05, 3.63) is 84.1 Å². The lowest BCUT2D eigenvalue weighted by Crippen LogP contribution is -2.39. The Kier molecular flexibility index (Phi) is 7.73. The van der Waals surface area contributed by atoms with E-state index in [0.29, 0.717) is 24.3 Å². The minimum absolute atomic E-state index is 0. The molecular formula is C29H34N2O4. The van der Waals surface area contributed by atoms with Crippen LogP contribution in [0.4, 0.5) is 0 Å². The molecule has 0 saturated heterocycles. The van der Waals surface area contributed by atoms with Gasteiger partial charge in [-0.05, 0) is 67.3 Å². The second-order valence-corrected chi connectivity index (χ2v) is 8.39. The Hall–Kier alpha value is -3.77. The maximum absolute atomic E-state index is 13.4. The van der Waals surface area contributed by atoms with Gasteiger partial charge in [0.15, 0.2) is 0 Å². The standard InChI is InChI=1S/C29H32N2O4.H2/c1-4-31-18-22(25-11-6-7-12-27(25)31)15-23(19-32)30-29(33)26-17-21(13-14-28(26)35-5-2)20-9-8-10-24(16-20)34-3;/h6-14,16-18,23,32H,4-5,15,19H2,1-3H3,(H,30,33);1H/t23-;/m1./s1. The zero-order valence-corrected chi connectivity index (χ0v) is 20.5. The van der Waals surface area contributed by atoms with Gasteiger partial charge in [-0.1, -0.05) is 36.4 Å². The summed E-state index contributed by atoms with van der Waals surface area (Å²) in [6.45, 7) is 5.12. The molecule has 1 amide bonds. The van der Waals surface area contributed by atoms with Gasteiger partial charge in [0.05, 0.1) is 31.9 Å². The number of carbonyl (C=O) groups excluding carboxylic acids is 1. The van der Waals surface area contributed by atoms with Gasteiger partial charge in [-0.25, -0.2) is 0 Å². The molecule has 35 heavy (non-hydrogen) atoms. The number of aryl methyl sites for hydroxylation is 1. The fourth-order valence-electron chi connectivity index (χ4n) is 4.41. The largest absolute Gasteiger partial charge is 0.497 e. The van der Waals surface area contributed by atoms with Crippen molar-refractivity contribution in [2.45, 2.75) is 32.9 Å². The van der Waals surface area contributed by atoms with Crippen LogP contribution in [0, 0.1) is 0 Å². The Morgan fingerprint density at radius 3 is 2.60 bits per heavy atom. The average molecular weight is 475 g/mol. The van der Waals surface area contributed by atoms with Crippen LogP contribution in [-0.2, 0) is 13.0 Å². The highest BCUT2D eigenvalue weighted by Crippen LogP contribution is 2.29. The van der Waals surface area contributed by atoms with Crippen LogP contribution in [0.25, 0.3) is 22.0 Å². The summed E-state index contributed by atoms with van der Waals surface area (Å²) in [4.78, 5) is 13.4. The molecule has 0 radical (unpaired) electrons. The van der Waals surface area contributed by atoms with E-state index in [0.717, 1.165) is 39.9 Å². The van der Waals surface area contributed by atoms with Gasteiger partial charge >= 0.3 is 0 Å². The summed E-state index contributed by atoms with van der Waals surface area (Å²) in [7, 11) is 1.63. The van der Waals surface area contributed by atoms with Crippen LogP contribution in [0.2, 0.25) is 0 Å². The van der Waals surface area contributed by atoms with Gasteiger partial charge in [-0.2, -0.15) is 0 Å². The molecule has 4 aromatic rings. The number of aromatic nitrogens is 1. The van der Waals surface area contributed by atoms with Crippen LogP contribution < -0.4 is 14.8 Å². The van der Waals surface area contributed by atoms with Crippen LogP contribution in [0.1, 0.15) is 31.2 Å². The topological polar surface area (TPSA) is 72.7 Å². The molecule has 2 N–H and O–H groups in total. The zero-order chi connectivity index (χ0) is 24.8. The maximum Gasteiger partial charge on any atom is 0.255 e. The Labute approximate surface area is 207 Å². The second kappa shape index (κ2) is 11.1. The summed E-state index contributed by atoms with van der Waals surface area (Å²) in [6, 6.07) is 21.0. The summed E-state index contributed by atoms with van der Waals surface area (Å²) >= 11 is 0. The number of para-hydroxylation sites is 1. The third-order valence-electron chi connectivity index (χ3n) is 6.16. The smallest absolute Gasteiger partial charge is 0.255 e. The Balaban J connectivity index is 0.00000361. The van der Waals surface area contributed by atoms with Gasteiger partial charge in [0.25, 0.3) is 5.91 Å². The number of carbonyl (C=O) groups is 1. The van der Waals surface area contributed by atoms with Crippen molar-refractivity contribution >= 4 is 16.8 Å². The normalized spacial score (nSPS) is 11.9. The third kappa shape index (κ3) is 5.33. The molecule has 0 aliphatic rings. The summed E-state index contributed by atoms with van der Waals surface area (Å²) in [5, 5.41) is 14.3. The molecule has 6 heteroatoms. The molecule has 0 aliphatic heterocycles. The number of aliphatic hydroxyl groups is 1. The minimum Gasteiger partial charge on any atom is -0.497 e. The van der Waals surface area contributed by atoms with E-state index < -0.39 is 6.04 Å². The van der Waals surface area contributed by atoms with Crippen LogP contribution >= 0.6 is 0 Å². The number of nitrogens with zero attached hydrogens (tertiary/aromatic N) is 1. The van der Waals surface area contributed by atoms with Crippen LogP contribution in [0.15, 0.2) is 72.9 Å². The molecule has 0 aliphatic carbocycles. The number of benzene rings is 3. The van der Waals surface area contributed by atoms with Gasteiger partial charge in [0, 0.05) is 25.1 Å². The number of ether oxygens (including phenoxy) is 2. The fourth-order valence-corrected chi connectivity index (χ4v) is 4.41. The Bertz CT molecular complexity index is 1320. The summed E-state index contributed by atoms with van der Waals surface area (Å²) in [5.41, 5.74) is 4.49. The molecule has 1 heterocycles. The number of nitrogens with one attached hydrogen (secondary N) is 1. The van der Waals surface area contributed by atoms with Gasteiger partial charge in [-0.3, -0.25) is 4.79 Å². The molecule has 0 fully saturated rings. The fraction of sp³-hybridized carbons (Fsp3) is 0.276. The summed E-state index contributed by atoms with van der Waals surface area (Å²) < 4.78 is 13.3. The summed E-state index contributed by atoms with van der Waals surface area (Å²) in [5.74, 6) is 0.973. The Morgan fingerprint density at radius 2 is 1.86 bits per heavy atom. The molecule has 4 rings (SSSR count). The number of aliphatic hydroxyl groups excluding tert-OH is 1. The first-order valence-corrected chi connectivity index (χ1v) is 12.0. The van der Waals surface area contributed by atoms with Gasteiger partial charge < -0.3 is 24.5 Å². The molecule has 0 bridgehead atoms. The predicted octanol–water partition coefficient (Wildman–Crippen LogP) is 5.31. The van der Waals surface area contributed by atoms with Crippen molar-refractivity contribution in [3.63, 3.8) is 0 Å². The van der Waals surface area contributed by atoms with Crippen molar-refractivity contribution in [1.82, 2.24) is 9.88 Å². The van der Waals surface area contributed by atoms with Gasteiger partial charge in [-0.15, -0.1) is 0 Å². The van der Waals surface area contributed by atoms with Crippen molar-refractivity contribution < 1.29 is 20.8 Å². The van der Waals surface area contributed by atoms with Crippen molar-refractivity contribution in [2.75, 3.05) is 20.3 Å². The number of hydrogen-bond acceptors (Lipinski definition) is 4. The summed E-state index contributed by atoms with van der Waals surface area (Å²) in [6.07, 6.45) is 2.63. The van der Waals surface area contributed by atoms with E-state index >= 15 is 0 Å². The van der Waals surface area contributed by atoms with Gasteiger partial charge in [0.1, 0.15) is 11.5 Å². The van der Waals surface area contributed by atoms with E-state index in [1.165, 1.54) is 0 Å². The average Bonchev–Trinajstić information content (AvgIpc) is 3.26. The van der Waals surface area contributed by atoms with Crippen molar-refractivity contribution in [2.24, 2.45) is 0 Å². The first kappa shape index (κ1) is 24.4. The van der Waals surface area contributed by atoms with E-state index in [-0.39, 0.29) is 13.9 Å². The van der Waals surface area contributed by atoms with E-state index in [1.54, 1.807) is 7.11 Å². The molecule has 0 saturated carbocycles. The first-order valence-electron chi connectivity index (χ1n) is 12.0. The first-order chi connectivity index (χ1) is 17.1. The lowest BCUT2D eigenvalue weighted by atomic mass is 10.0. The van der Waals surface area contributed by atoms with Crippen LogP contribution in [0.3, 0.4) is 0 Å². The van der Waals surface area contributed by atoms with Gasteiger partial charge in [0.2, 0.25) is 0 Å². The van der Waals surface area contributed by atoms with Crippen molar-refractivity contribution in [3.8, 4) is 22.6 Å². The van der Waals surface area contributed by atoms with Crippen LogP contribution in [0.5, 0.6) is 11.5 Å². The molecule has 0 unspecified atom stereocenters. The molecule has 184 valence electrons. The monoisotopic (exact) mass is 474 g/mol. The number of fused-ring (bicyclic) bond motifs is 1. The number of rotatable bonds is 10. The van der Waals surface area contributed by atoms with E-state index in [1.807, 2.05) is 61.5 Å². The third-order valence-corrected chi connectivity index (χ3v) is 6.16. The SMILES string of the molecule is CCOc1ccc(-c2cccc(OC)c2)cc1C(=O)N[C@@H](CO)Cc1cn(CC)c2ccccc12.[HH]. The molecule has 1 aromatic heterocycles. The highest BCUT2D eigenvalue weighted by atomic mass is 16.5. The number of hydrogen-bond donors (Lipinski definition) is 2. The lowest BCUT2D eigenvalue weighted by Gasteiger charge is -2.18. The van der Waals surface area contributed by atoms with E-state index in [9.17, 15) is 9.90 Å². The predicted molar refractivity (Wildman–Crippen MR) is 141 cm³/mol.